The first kappa shape index (κ1) is 24.5. The van der Waals surface area contributed by atoms with Gasteiger partial charge in [-0.25, -0.2) is 13.2 Å². The number of para-hydroxylation sites is 1. The van der Waals surface area contributed by atoms with Crippen LogP contribution in [0.3, 0.4) is 0 Å². The number of rotatable bonds is 7. The van der Waals surface area contributed by atoms with E-state index in [0.717, 1.165) is 17.9 Å². The van der Waals surface area contributed by atoms with E-state index in [1.165, 1.54) is 0 Å². The van der Waals surface area contributed by atoms with Gasteiger partial charge in [-0.3, -0.25) is 9.79 Å². The topological polar surface area (TPSA) is 66.0 Å². The Morgan fingerprint density at radius 2 is 1.79 bits per heavy atom. The lowest BCUT2D eigenvalue weighted by molar-refractivity contribution is -0.115. The number of anilines is 1. The van der Waals surface area contributed by atoms with E-state index in [-0.39, 0.29) is 30.5 Å². The van der Waals surface area contributed by atoms with E-state index < -0.39 is 29.0 Å². The molecule has 6 nitrogen and oxygen atoms in total. The summed E-state index contributed by atoms with van der Waals surface area (Å²) in [6.45, 7) is 0.649. The Hall–Kier alpha value is -2.50. The van der Waals surface area contributed by atoms with Crippen molar-refractivity contribution in [1.82, 2.24) is 10.2 Å². The Bertz CT molecular complexity index is 838. The van der Waals surface area contributed by atoms with Crippen molar-refractivity contribution < 1.29 is 22.7 Å². The largest absolute Gasteiger partial charge is 0.492 e. The second kappa shape index (κ2) is 12.1. The lowest BCUT2D eigenvalue weighted by Gasteiger charge is -2.22. The fourth-order valence-corrected chi connectivity index (χ4v) is 2.28. The zero-order chi connectivity index (χ0) is 20.5. The van der Waals surface area contributed by atoms with Crippen LogP contribution in [0.15, 0.2) is 47.5 Å². The van der Waals surface area contributed by atoms with E-state index in [0.29, 0.717) is 19.1 Å². The van der Waals surface area contributed by atoms with Crippen LogP contribution in [0, 0.1) is 17.5 Å². The molecule has 2 rings (SSSR count). The van der Waals surface area contributed by atoms with Gasteiger partial charge in [0.05, 0.1) is 18.8 Å². The van der Waals surface area contributed by atoms with Crippen LogP contribution in [0.5, 0.6) is 5.75 Å². The predicted molar refractivity (Wildman–Crippen MR) is 116 cm³/mol. The first-order valence-electron chi connectivity index (χ1n) is 8.45. The summed E-state index contributed by atoms with van der Waals surface area (Å²) in [7, 11) is 3.31. The molecule has 0 atom stereocenters. The number of hydrogen-bond acceptors (Lipinski definition) is 3. The standard InChI is InChI=1S/C19H21F3N4O2.HI/c1-23-19(26(2)10-11-28-13-6-4-3-5-7-13)24-12-16(27)25-15-9-8-14(20)17(21)18(15)22;/h3-9H,10-12H2,1-2H3,(H,23,24)(H,25,27);1H. The normalized spacial score (nSPS) is 10.7. The summed E-state index contributed by atoms with van der Waals surface area (Å²) in [5, 5.41) is 4.98. The number of ether oxygens (including phenoxy) is 1. The first-order chi connectivity index (χ1) is 13.4. The summed E-state index contributed by atoms with van der Waals surface area (Å²) in [6, 6.07) is 11.0. The molecule has 0 fully saturated rings. The van der Waals surface area contributed by atoms with Gasteiger partial charge in [-0.05, 0) is 24.3 Å². The Kier molecular flexibility index (Phi) is 10.3. The Labute approximate surface area is 184 Å². The molecule has 1 amide bonds. The number of likely N-dealkylation sites (N-methyl/N-ethyl adjacent to an activating group) is 1. The number of carbonyl (C=O) groups excluding carboxylic acids is 1. The molecule has 0 spiro atoms. The molecule has 0 aliphatic heterocycles. The number of aliphatic imine (C=N–C) groups is 1. The second-order valence-corrected chi connectivity index (χ2v) is 5.75. The van der Waals surface area contributed by atoms with Crippen molar-refractivity contribution in [3.05, 3.63) is 59.9 Å². The van der Waals surface area contributed by atoms with Crippen molar-refractivity contribution in [2.75, 3.05) is 39.1 Å². The Morgan fingerprint density at radius 1 is 1.10 bits per heavy atom. The molecule has 0 unspecified atom stereocenters. The molecule has 0 aliphatic rings. The Balaban J connectivity index is 0.00000420. The molecule has 0 heterocycles. The smallest absolute Gasteiger partial charge is 0.243 e. The third kappa shape index (κ3) is 7.44. The molecular weight excluding hydrogens is 500 g/mol. The molecule has 2 aromatic rings. The number of nitrogens with one attached hydrogen (secondary N) is 2. The quantitative estimate of drug-likeness (QED) is 0.254. The highest BCUT2D eigenvalue weighted by Crippen LogP contribution is 2.19. The van der Waals surface area contributed by atoms with E-state index >= 15 is 0 Å². The minimum Gasteiger partial charge on any atom is -0.492 e. The minimum atomic E-state index is -1.64. The molecule has 0 aromatic heterocycles. The molecule has 158 valence electrons. The zero-order valence-electron chi connectivity index (χ0n) is 15.9. The van der Waals surface area contributed by atoms with Crippen molar-refractivity contribution in [3.63, 3.8) is 0 Å². The van der Waals surface area contributed by atoms with Crippen molar-refractivity contribution in [2.24, 2.45) is 4.99 Å². The molecule has 29 heavy (non-hydrogen) atoms. The maximum absolute atomic E-state index is 13.6. The van der Waals surface area contributed by atoms with Crippen LogP contribution in [0.2, 0.25) is 0 Å². The van der Waals surface area contributed by atoms with E-state index in [1.807, 2.05) is 30.3 Å². The van der Waals surface area contributed by atoms with Crippen LogP contribution >= 0.6 is 24.0 Å². The molecule has 0 saturated carbocycles. The molecule has 0 radical (unpaired) electrons. The van der Waals surface area contributed by atoms with Crippen LogP contribution in [0.25, 0.3) is 0 Å². The van der Waals surface area contributed by atoms with Crippen LogP contribution < -0.4 is 15.4 Å². The number of nitrogens with zero attached hydrogens (tertiary/aromatic N) is 2. The van der Waals surface area contributed by atoms with Crippen LogP contribution in [0.4, 0.5) is 18.9 Å². The van der Waals surface area contributed by atoms with Crippen LogP contribution in [-0.2, 0) is 4.79 Å². The van der Waals surface area contributed by atoms with Gasteiger partial charge in [-0.15, -0.1) is 24.0 Å². The Morgan fingerprint density at radius 3 is 2.45 bits per heavy atom. The van der Waals surface area contributed by atoms with E-state index in [4.69, 9.17) is 4.74 Å². The second-order valence-electron chi connectivity index (χ2n) is 5.75. The van der Waals surface area contributed by atoms with Gasteiger partial charge in [0.1, 0.15) is 12.4 Å². The van der Waals surface area contributed by atoms with Crippen LogP contribution in [-0.4, -0.2) is 50.6 Å². The average molecular weight is 522 g/mol. The zero-order valence-corrected chi connectivity index (χ0v) is 18.2. The number of halogens is 4. The maximum atomic E-state index is 13.6. The van der Waals surface area contributed by atoms with Gasteiger partial charge in [-0.2, -0.15) is 0 Å². The molecular formula is C19H22F3IN4O2. The molecule has 2 N–H and O–H groups in total. The van der Waals surface area contributed by atoms with E-state index in [2.05, 4.69) is 15.6 Å². The van der Waals surface area contributed by atoms with Crippen molar-refractivity contribution in [3.8, 4) is 5.75 Å². The predicted octanol–water partition coefficient (Wildman–Crippen LogP) is 3.25. The lowest BCUT2D eigenvalue weighted by Crippen LogP contribution is -2.43. The van der Waals surface area contributed by atoms with E-state index in [1.54, 1.807) is 19.0 Å². The summed E-state index contributed by atoms with van der Waals surface area (Å²) in [5.74, 6) is -3.90. The van der Waals surface area contributed by atoms with Crippen molar-refractivity contribution in [2.45, 2.75) is 0 Å². The summed E-state index contributed by atoms with van der Waals surface area (Å²) in [4.78, 5) is 17.7. The summed E-state index contributed by atoms with van der Waals surface area (Å²) in [6.07, 6.45) is 0. The molecule has 0 bridgehead atoms. The number of amides is 1. The van der Waals surface area contributed by atoms with Gasteiger partial charge in [0.15, 0.2) is 23.4 Å². The number of guanidine groups is 1. The third-order valence-corrected chi connectivity index (χ3v) is 3.73. The third-order valence-electron chi connectivity index (χ3n) is 3.73. The highest BCUT2D eigenvalue weighted by atomic mass is 127. The van der Waals surface area contributed by atoms with Crippen molar-refractivity contribution in [1.29, 1.82) is 0 Å². The van der Waals surface area contributed by atoms with E-state index in [9.17, 15) is 18.0 Å². The number of carbonyl (C=O) groups is 1. The number of hydrogen-bond donors (Lipinski definition) is 2. The molecule has 0 saturated heterocycles. The molecule has 2 aromatic carbocycles. The lowest BCUT2D eigenvalue weighted by atomic mass is 10.2. The SMILES string of the molecule is CN=C(NCC(=O)Nc1ccc(F)c(F)c1F)N(C)CCOc1ccccc1.I. The van der Waals surface area contributed by atoms with Gasteiger partial charge in [0, 0.05) is 14.1 Å². The van der Waals surface area contributed by atoms with Gasteiger partial charge in [0.2, 0.25) is 5.91 Å². The van der Waals surface area contributed by atoms with Crippen molar-refractivity contribution >= 4 is 41.5 Å². The summed E-state index contributed by atoms with van der Waals surface area (Å²) >= 11 is 0. The highest BCUT2D eigenvalue weighted by Gasteiger charge is 2.15. The summed E-state index contributed by atoms with van der Waals surface area (Å²) < 4.78 is 45.3. The fourth-order valence-electron chi connectivity index (χ4n) is 2.28. The summed E-state index contributed by atoms with van der Waals surface area (Å²) in [5.41, 5.74) is -0.440. The monoisotopic (exact) mass is 522 g/mol. The van der Waals surface area contributed by atoms with Gasteiger partial charge >= 0.3 is 0 Å². The maximum Gasteiger partial charge on any atom is 0.243 e. The highest BCUT2D eigenvalue weighted by molar-refractivity contribution is 14.0. The average Bonchev–Trinajstić information content (AvgIpc) is 2.70. The van der Waals surface area contributed by atoms with Gasteiger partial charge in [-0.1, -0.05) is 18.2 Å². The number of benzene rings is 2. The van der Waals surface area contributed by atoms with Gasteiger partial charge < -0.3 is 20.3 Å². The fraction of sp³-hybridized carbons (Fsp3) is 0.263. The van der Waals surface area contributed by atoms with Crippen LogP contribution in [0.1, 0.15) is 0 Å². The minimum absolute atomic E-state index is 0. The molecule has 0 aliphatic carbocycles. The first-order valence-corrected chi connectivity index (χ1v) is 8.45. The van der Waals surface area contributed by atoms with Gasteiger partial charge in [0.25, 0.3) is 0 Å². The molecule has 10 heteroatoms.